The number of fused-ring (bicyclic) bond motifs is 2. The van der Waals surface area contributed by atoms with Gasteiger partial charge >= 0.3 is 24.4 Å². The SMILES string of the molecule is CC(C)(C)OC(=O)NCCc1cccc2c1nc(CNC(=O)OCc1ccccc1)n2COCC[Si](C)(C)C.CC(C)(C)OC(=O)NCCc1cccc2nc(CN(Cc3ccccc3)C(=O)O)n(COCC[Si](C)(C)C)c12. The van der Waals surface area contributed by atoms with E-state index < -0.39 is 51.7 Å². The van der Waals surface area contributed by atoms with Crippen molar-refractivity contribution in [2.24, 2.45) is 0 Å². The van der Waals surface area contributed by atoms with Crippen LogP contribution in [-0.4, -0.2) is 107 Å². The fraction of sp³-hybridized carbons (Fsp3) is 0.483. The molecule has 0 unspecified atom stereocenters. The summed E-state index contributed by atoms with van der Waals surface area (Å²) in [5, 5.41) is 18.4. The van der Waals surface area contributed by atoms with Crippen LogP contribution in [0.15, 0.2) is 97.1 Å². The number of amides is 4. The second kappa shape index (κ2) is 28.8. The van der Waals surface area contributed by atoms with Gasteiger partial charge in [-0.3, -0.25) is 4.90 Å². The molecule has 424 valence electrons. The van der Waals surface area contributed by atoms with E-state index in [-0.39, 0.29) is 33.0 Å². The number of para-hydroxylation sites is 2. The van der Waals surface area contributed by atoms with E-state index in [0.717, 1.165) is 56.4 Å². The van der Waals surface area contributed by atoms with Crippen molar-refractivity contribution in [3.05, 3.63) is 131 Å². The molecule has 0 fully saturated rings. The first-order chi connectivity index (χ1) is 36.7. The van der Waals surface area contributed by atoms with Gasteiger partial charge in [0.1, 0.15) is 42.9 Å². The second-order valence-corrected chi connectivity index (χ2v) is 34.8. The largest absolute Gasteiger partial charge is 0.465 e. The number of alkyl carbamates (subject to hydrolysis) is 3. The van der Waals surface area contributed by atoms with Crippen LogP contribution in [0.25, 0.3) is 22.1 Å². The number of benzene rings is 4. The predicted octanol–water partition coefficient (Wildman–Crippen LogP) is 11.9. The van der Waals surface area contributed by atoms with Crippen LogP contribution in [0.4, 0.5) is 19.2 Å². The zero-order valence-electron chi connectivity index (χ0n) is 48.0. The number of nitrogens with zero attached hydrogens (tertiary/aromatic N) is 5. The number of nitrogens with one attached hydrogen (secondary N) is 3. The van der Waals surface area contributed by atoms with Crippen LogP contribution in [0.2, 0.25) is 51.4 Å². The summed E-state index contributed by atoms with van der Waals surface area (Å²) < 4.78 is 32.2. The summed E-state index contributed by atoms with van der Waals surface area (Å²) in [6.07, 6.45) is -1.30. The number of carboxylic acid groups (broad SMARTS) is 1. The van der Waals surface area contributed by atoms with Gasteiger partial charge in [0, 0.05) is 49.0 Å². The third-order valence-corrected chi connectivity index (χ3v) is 15.3. The summed E-state index contributed by atoms with van der Waals surface area (Å²) in [5.74, 6) is 1.28. The van der Waals surface area contributed by atoms with Gasteiger partial charge in [-0.25, -0.2) is 29.1 Å². The van der Waals surface area contributed by atoms with Crippen molar-refractivity contribution >= 4 is 62.6 Å². The molecule has 78 heavy (non-hydrogen) atoms. The van der Waals surface area contributed by atoms with Gasteiger partial charge in [0.05, 0.1) is 35.2 Å². The highest BCUT2D eigenvalue weighted by Crippen LogP contribution is 2.25. The van der Waals surface area contributed by atoms with E-state index >= 15 is 0 Å². The third-order valence-electron chi connectivity index (χ3n) is 11.9. The maximum atomic E-state index is 12.4. The van der Waals surface area contributed by atoms with Crippen LogP contribution in [0.5, 0.6) is 0 Å². The fourth-order valence-electron chi connectivity index (χ4n) is 7.89. The Kier molecular flexibility index (Phi) is 22.9. The molecule has 0 bridgehead atoms. The van der Waals surface area contributed by atoms with Crippen molar-refractivity contribution in [2.45, 2.75) is 157 Å². The molecule has 0 atom stereocenters. The van der Waals surface area contributed by atoms with Gasteiger partial charge in [0.2, 0.25) is 0 Å². The Balaban J connectivity index is 0.000000287. The molecule has 0 radical (unpaired) electrons. The van der Waals surface area contributed by atoms with Crippen LogP contribution < -0.4 is 16.0 Å². The van der Waals surface area contributed by atoms with Gasteiger partial charge in [-0.15, -0.1) is 0 Å². The summed E-state index contributed by atoms with van der Waals surface area (Å²) in [7, 11) is -2.51. The average Bonchev–Trinajstić information content (AvgIpc) is 3.98. The molecule has 4 aromatic carbocycles. The van der Waals surface area contributed by atoms with Crippen molar-refractivity contribution in [3.8, 4) is 0 Å². The molecule has 0 aliphatic carbocycles. The molecule has 0 saturated carbocycles. The van der Waals surface area contributed by atoms with Gasteiger partial charge < -0.3 is 53.9 Å². The topological polar surface area (TPSA) is 210 Å². The molecule has 6 aromatic rings. The van der Waals surface area contributed by atoms with Gasteiger partial charge in [-0.05, 0) is 101 Å². The molecule has 4 N–H and O–H groups in total. The molecule has 0 spiro atoms. The molecule has 4 amide bonds. The van der Waals surface area contributed by atoms with Crippen LogP contribution in [0.1, 0.15) is 75.4 Å². The molecule has 0 aliphatic heterocycles. The van der Waals surface area contributed by atoms with Gasteiger partial charge in [0.15, 0.2) is 0 Å². The first kappa shape index (κ1) is 62.1. The number of ether oxygens (including phenoxy) is 5. The standard InChI is InChI=1S/2C29H42N4O5Si/c1-29(2,3)38-28(35)30-16-15-23-13-10-14-24-26(23)32-25(33(24)21-36-17-18-39(4,5)6)19-31-27(34)37-20-22-11-8-7-9-12-22;1-29(2,3)38-27(34)30-16-15-23-13-10-14-24-26(23)33(21-37-17-18-39(4,5)6)25(31-24)20-32(28(35)36)19-22-11-8-7-9-12-22/h7-14H,15-21H2,1-6H3,(H,30,35)(H,31,34);7-14H,15-21H2,1-6H3,(H,30,34)(H,35,36). The summed E-state index contributed by atoms with van der Waals surface area (Å²) in [6, 6.07) is 33.0. The summed E-state index contributed by atoms with van der Waals surface area (Å²) in [6.45, 7) is 28.3. The number of carbonyl (C=O) groups is 4. The highest BCUT2D eigenvalue weighted by molar-refractivity contribution is 6.76. The number of imidazole rings is 2. The molecule has 0 aliphatic rings. The van der Waals surface area contributed by atoms with Gasteiger partial charge in [0.25, 0.3) is 0 Å². The van der Waals surface area contributed by atoms with Crippen LogP contribution in [0, 0.1) is 0 Å². The first-order valence-electron chi connectivity index (χ1n) is 26.7. The number of hydrogen-bond donors (Lipinski definition) is 4. The normalized spacial score (nSPS) is 11.9. The Morgan fingerprint density at radius 1 is 0.590 bits per heavy atom. The Morgan fingerprint density at radius 2 is 1.12 bits per heavy atom. The molecule has 20 heteroatoms. The van der Waals surface area contributed by atoms with E-state index in [1.165, 1.54) is 4.90 Å². The lowest BCUT2D eigenvalue weighted by Gasteiger charge is -2.21. The van der Waals surface area contributed by atoms with E-state index in [1.54, 1.807) is 0 Å². The first-order valence-corrected chi connectivity index (χ1v) is 34.1. The molecular weight excluding hydrogens is 1020 g/mol. The highest BCUT2D eigenvalue weighted by Gasteiger charge is 2.23. The zero-order chi connectivity index (χ0) is 57.1. The van der Waals surface area contributed by atoms with Crippen LogP contribution in [-0.2, 0) is 76.2 Å². The predicted molar refractivity (Wildman–Crippen MR) is 311 cm³/mol. The average molecular weight is 1110 g/mol. The molecule has 2 aromatic heterocycles. The molecule has 2 heterocycles. The maximum absolute atomic E-state index is 12.4. The highest BCUT2D eigenvalue weighted by atomic mass is 28.3. The molecule has 6 rings (SSSR count). The second-order valence-electron chi connectivity index (χ2n) is 23.6. The smallest absolute Gasteiger partial charge is 0.408 e. The van der Waals surface area contributed by atoms with Crippen molar-refractivity contribution in [1.29, 1.82) is 0 Å². The quantitative estimate of drug-likeness (QED) is 0.0253. The fourth-order valence-corrected chi connectivity index (χ4v) is 9.40. The summed E-state index contributed by atoms with van der Waals surface area (Å²) >= 11 is 0. The lowest BCUT2D eigenvalue weighted by atomic mass is 10.1. The van der Waals surface area contributed by atoms with E-state index in [4.69, 9.17) is 33.7 Å². The Morgan fingerprint density at radius 3 is 1.67 bits per heavy atom. The number of hydrogen-bond acceptors (Lipinski definition) is 11. The minimum absolute atomic E-state index is 0.117. The third kappa shape index (κ3) is 21.9. The number of carbonyl (C=O) groups excluding carboxylic acids is 3. The minimum Gasteiger partial charge on any atom is -0.465 e. The van der Waals surface area contributed by atoms with Crippen molar-refractivity contribution < 1.29 is 48.0 Å². The summed E-state index contributed by atoms with van der Waals surface area (Å²) in [4.78, 5) is 59.9. The Bertz CT molecular complexity index is 2870. The van der Waals surface area contributed by atoms with Crippen LogP contribution in [0.3, 0.4) is 0 Å². The number of rotatable bonds is 24. The van der Waals surface area contributed by atoms with Gasteiger partial charge in [-0.1, -0.05) is 124 Å². The molecule has 0 saturated heterocycles. The lowest BCUT2D eigenvalue weighted by Crippen LogP contribution is -2.33. The zero-order valence-corrected chi connectivity index (χ0v) is 50.0. The lowest BCUT2D eigenvalue weighted by molar-refractivity contribution is 0.0517. The Labute approximate surface area is 462 Å². The van der Waals surface area contributed by atoms with E-state index in [1.807, 2.05) is 148 Å². The molecule has 18 nitrogen and oxygen atoms in total. The minimum atomic E-state index is -1.28. The van der Waals surface area contributed by atoms with E-state index in [0.29, 0.717) is 57.5 Å². The van der Waals surface area contributed by atoms with Crippen molar-refractivity contribution in [2.75, 3.05) is 26.3 Å². The van der Waals surface area contributed by atoms with E-state index in [2.05, 4.69) is 55.2 Å². The summed E-state index contributed by atoms with van der Waals surface area (Å²) in [5.41, 5.74) is 6.04. The van der Waals surface area contributed by atoms with Crippen molar-refractivity contribution in [1.82, 2.24) is 40.0 Å². The van der Waals surface area contributed by atoms with Crippen LogP contribution >= 0.6 is 0 Å². The van der Waals surface area contributed by atoms with E-state index in [9.17, 15) is 24.3 Å². The van der Waals surface area contributed by atoms with Crippen molar-refractivity contribution in [3.63, 3.8) is 0 Å². The monoisotopic (exact) mass is 1110 g/mol. The maximum Gasteiger partial charge on any atom is 0.408 e. The van der Waals surface area contributed by atoms with Gasteiger partial charge in [-0.2, -0.15) is 0 Å². The Hall–Kier alpha value is -6.75. The number of aromatic nitrogens is 4. The molecular formula is C58H84N8O10Si2.